The number of amides is 4. The van der Waals surface area contributed by atoms with Gasteiger partial charge < -0.3 is 15.0 Å². The molecule has 2 aliphatic rings. The van der Waals surface area contributed by atoms with Crippen molar-refractivity contribution in [3.8, 4) is 5.75 Å². The van der Waals surface area contributed by atoms with Gasteiger partial charge in [0.25, 0.3) is 17.1 Å². The molecule has 0 spiro atoms. The summed E-state index contributed by atoms with van der Waals surface area (Å²) >= 11 is 4.18. The molecule has 2 heterocycles. The third kappa shape index (κ3) is 5.87. The molecule has 2 aromatic rings. The Bertz CT molecular complexity index is 1150. The van der Waals surface area contributed by atoms with E-state index in [1.165, 1.54) is 0 Å². The van der Waals surface area contributed by atoms with Crippen LogP contribution in [0.15, 0.2) is 57.9 Å². The molecule has 0 saturated carbocycles. The largest absolute Gasteiger partial charge is 0.483 e. The van der Waals surface area contributed by atoms with E-state index < -0.39 is 11.1 Å². The number of benzene rings is 2. The van der Waals surface area contributed by atoms with E-state index in [-0.39, 0.29) is 29.9 Å². The van der Waals surface area contributed by atoms with Crippen LogP contribution < -0.4 is 10.1 Å². The van der Waals surface area contributed by atoms with Gasteiger partial charge in [-0.2, -0.15) is 0 Å². The number of halogens is 1. The topological polar surface area (TPSA) is 96.0 Å². The predicted molar refractivity (Wildman–Crippen MR) is 133 cm³/mol. The highest BCUT2D eigenvalue weighted by atomic mass is 79.9. The van der Waals surface area contributed by atoms with E-state index in [0.717, 1.165) is 34.0 Å². The summed E-state index contributed by atoms with van der Waals surface area (Å²) in [6, 6.07) is 14.2. The van der Waals surface area contributed by atoms with Crippen molar-refractivity contribution in [2.45, 2.75) is 12.8 Å². The Labute approximate surface area is 209 Å². The van der Waals surface area contributed by atoms with Crippen molar-refractivity contribution in [3.05, 3.63) is 63.5 Å². The number of carbonyl (C=O) groups excluding carboxylic acids is 4. The average molecular weight is 544 g/mol. The van der Waals surface area contributed by atoms with E-state index in [9.17, 15) is 19.2 Å². The zero-order valence-electron chi connectivity index (χ0n) is 18.2. The lowest BCUT2D eigenvalue weighted by atomic mass is 10.2. The normalized spacial score (nSPS) is 16.9. The fraction of sp³-hybridized carbons (Fsp3) is 0.250. The van der Waals surface area contributed by atoms with Crippen molar-refractivity contribution in [2.24, 2.45) is 0 Å². The molecule has 0 aromatic heterocycles. The predicted octanol–water partition coefficient (Wildman–Crippen LogP) is 4.13. The summed E-state index contributed by atoms with van der Waals surface area (Å²) in [5.74, 6) is -0.695. The number of carbonyl (C=O) groups is 4. The van der Waals surface area contributed by atoms with Gasteiger partial charge in [-0.25, -0.2) is 0 Å². The third-order valence-corrected chi connectivity index (χ3v) is 6.70. The number of likely N-dealkylation sites (tertiary alicyclic amines) is 1. The Morgan fingerprint density at radius 2 is 1.82 bits per heavy atom. The number of nitrogens with one attached hydrogen (secondary N) is 1. The number of rotatable bonds is 7. The van der Waals surface area contributed by atoms with Gasteiger partial charge in [-0.05, 0) is 61.0 Å². The van der Waals surface area contributed by atoms with Gasteiger partial charge in [0, 0.05) is 28.8 Å². The van der Waals surface area contributed by atoms with Crippen LogP contribution in [0.2, 0.25) is 0 Å². The fourth-order valence-electron chi connectivity index (χ4n) is 3.60. The second-order valence-electron chi connectivity index (χ2n) is 7.74. The first-order valence-electron chi connectivity index (χ1n) is 10.7. The van der Waals surface area contributed by atoms with E-state index in [0.29, 0.717) is 30.1 Å². The van der Waals surface area contributed by atoms with E-state index in [1.807, 2.05) is 18.2 Å². The number of ether oxygens (including phenoxy) is 1. The molecular weight excluding hydrogens is 522 g/mol. The van der Waals surface area contributed by atoms with Gasteiger partial charge in [0.1, 0.15) is 12.3 Å². The maximum Gasteiger partial charge on any atom is 0.294 e. The number of hydrogen-bond donors (Lipinski definition) is 1. The van der Waals surface area contributed by atoms with Gasteiger partial charge in [-0.1, -0.05) is 34.1 Å². The van der Waals surface area contributed by atoms with E-state index in [1.54, 1.807) is 41.3 Å². The Morgan fingerprint density at radius 1 is 1.09 bits per heavy atom. The molecule has 1 N–H and O–H groups in total. The van der Waals surface area contributed by atoms with Gasteiger partial charge in [-0.15, -0.1) is 0 Å². The van der Waals surface area contributed by atoms with Crippen molar-refractivity contribution in [3.63, 3.8) is 0 Å². The standard InChI is InChI=1S/C24H22BrN3O5S/c25-17-8-9-19(33-15-21(29)26-18-6-2-1-3-7-18)16(12-17)13-20-23(31)28(24(32)34-20)14-22(30)27-10-4-5-11-27/h1-3,6-9,12-13H,4-5,10-11,14-15H2,(H,26,29)/b20-13-. The smallest absolute Gasteiger partial charge is 0.294 e. The summed E-state index contributed by atoms with van der Waals surface area (Å²) in [5.41, 5.74) is 1.18. The number of hydrogen-bond acceptors (Lipinski definition) is 6. The van der Waals surface area contributed by atoms with Crippen LogP contribution in [0.1, 0.15) is 18.4 Å². The Kier molecular flexibility index (Phi) is 7.69. The number of nitrogens with zero attached hydrogens (tertiary/aromatic N) is 2. The number of imide groups is 1. The first-order valence-corrected chi connectivity index (χ1v) is 12.3. The Hall–Kier alpha value is -3.11. The lowest BCUT2D eigenvalue weighted by molar-refractivity contribution is -0.135. The first-order chi connectivity index (χ1) is 16.4. The van der Waals surface area contributed by atoms with Crippen molar-refractivity contribution in [1.82, 2.24) is 9.80 Å². The summed E-state index contributed by atoms with van der Waals surface area (Å²) < 4.78 is 6.44. The van der Waals surface area contributed by atoms with E-state index in [4.69, 9.17) is 4.74 Å². The van der Waals surface area contributed by atoms with Gasteiger partial charge in [0.2, 0.25) is 5.91 Å². The zero-order chi connectivity index (χ0) is 24.1. The molecule has 4 rings (SSSR count). The minimum absolute atomic E-state index is 0.191. The summed E-state index contributed by atoms with van der Waals surface area (Å²) in [6.07, 6.45) is 3.41. The molecule has 10 heteroatoms. The van der Waals surface area contributed by atoms with Crippen LogP contribution >= 0.6 is 27.7 Å². The minimum atomic E-state index is -0.518. The summed E-state index contributed by atoms with van der Waals surface area (Å²) in [6.45, 7) is 0.815. The molecule has 8 nitrogen and oxygen atoms in total. The average Bonchev–Trinajstić information content (AvgIpc) is 3.44. The molecule has 0 radical (unpaired) electrons. The molecule has 2 saturated heterocycles. The van der Waals surface area contributed by atoms with Crippen LogP contribution in [0.5, 0.6) is 5.75 Å². The van der Waals surface area contributed by atoms with E-state index in [2.05, 4.69) is 21.2 Å². The number of para-hydroxylation sites is 1. The molecule has 0 atom stereocenters. The summed E-state index contributed by atoms with van der Waals surface area (Å²) in [5, 5.41) is 2.26. The molecule has 2 aliphatic heterocycles. The maximum absolute atomic E-state index is 12.9. The highest BCUT2D eigenvalue weighted by Gasteiger charge is 2.37. The van der Waals surface area contributed by atoms with Gasteiger partial charge in [0.05, 0.1) is 4.91 Å². The second-order valence-corrected chi connectivity index (χ2v) is 9.65. The summed E-state index contributed by atoms with van der Waals surface area (Å²) in [7, 11) is 0. The van der Waals surface area contributed by atoms with E-state index >= 15 is 0 Å². The van der Waals surface area contributed by atoms with Crippen molar-refractivity contribution in [2.75, 3.05) is 31.6 Å². The van der Waals surface area contributed by atoms with Gasteiger partial charge in [-0.3, -0.25) is 24.1 Å². The summed E-state index contributed by atoms with van der Waals surface area (Å²) in [4.78, 5) is 52.8. The number of anilines is 1. The van der Waals surface area contributed by atoms with Crippen LogP contribution in [0.4, 0.5) is 10.5 Å². The van der Waals surface area contributed by atoms with Crippen molar-refractivity contribution in [1.29, 1.82) is 0 Å². The van der Waals surface area contributed by atoms with Crippen LogP contribution in [0.25, 0.3) is 6.08 Å². The van der Waals surface area contributed by atoms with Crippen molar-refractivity contribution >= 4 is 62.4 Å². The maximum atomic E-state index is 12.9. The van der Waals surface area contributed by atoms with Crippen LogP contribution in [-0.2, 0) is 14.4 Å². The SMILES string of the molecule is O=C(COc1ccc(Br)cc1/C=C1\SC(=O)N(CC(=O)N2CCCC2)C1=O)Nc1ccccc1. The number of thioether (sulfide) groups is 1. The molecule has 176 valence electrons. The fourth-order valence-corrected chi connectivity index (χ4v) is 4.81. The highest BCUT2D eigenvalue weighted by molar-refractivity contribution is 9.10. The minimum Gasteiger partial charge on any atom is -0.483 e. The molecular formula is C24H22BrN3O5S. The van der Waals surface area contributed by atoms with Crippen LogP contribution in [0.3, 0.4) is 0 Å². The Balaban J connectivity index is 1.45. The van der Waals surface area contributed by atoms with Crippen molar-refractivity contribution < 1.29 is 23.9 Å². The Morgan fingerprint density at radius 3 is 2.56 bits per heavy atom. The molecule has 2 fully saturated rings. The van der Waals surface area contributed by atoms with Gasteiger partial charge >= 0.3 is 0 Å². The molecule has 0 aliphatic carbocycles. The monoisotopic (exact) mass is 543 g/mol. The lowest BCUT2D eigenvalue weighted by Gasteiger charge is -2.18. The van der Waals surface area contributed by atoms with Crippen LogP contribution in [-0.4, -0.2) is 59.0 Å². The molecule has 2 aromatic carbocycles. The molecule has 34 heavy (non-hydrogen) atoms. The van der Waals surface area contributed by atoms with Crippen LogP contribution in [0, 0.1) is 0 Å². The second kappa shape index (κ2) is 10.9. The first kappa shape index (κ1) is 24.0. The zero-order valence-corrected chi connectivity index (χ0v) is 20.6. The van der Waals surface area contributed by atoms with Gasteiger partial charge in [0.15, 0.2) is 6.61 Å². The quantitative estimate of drug-likeness (QED) is 0.527. The lowest BCUT2D eigenvalue weighted by Crippen LogP contribution is -2.40. The molecule has 0 unspecified atom stereocenters. The third-order valence-electron chi connectivity index (χ3n) is 5.30. The molecule has 0 bridgehead atoms. The highest BCUT2D eigenvalue weighted by Crippen LogP contribution is 2.35. The molecule has 4 amide bonds.